The van der Waals surface area contributed by atoms with E-state index in [-0.39, 0.29) is 5.91 Å². The van der Waals surface area contributed by atoms with Crippen LogP contribution in [-0.2, 0) is 10.5 Å². The number of rotatable bonds is 6. The number of nitrogens with zero attached hydrogens (tertiary/aromatic N) is 2. The summed E-state index contributed by atoms with van der Waals surface area (Å²) in [4.78, 5) is 12.1. The molecule has 0 saturated heterocycles. The molecule has 0 aliphatic carbocycles. The highest BCUT2D eigenvalue weighted by Gasteiger charge is 2.04. The van der Waals surface area contributed by atoms with Crippen molar-refractivity contribution in [2.24, 2.45) is 0 Å². The monoisotopic (exact) mass is 351 g/mol. The van der Waals surface area contributed by atoms with Crippen molar-refractivity contribution in [2.45, 2.75) is 19.6 Å². The Balaban J connectivity index is 1.48. The van der Waals surface area contributed by atoms with Crippen molar-refractivity contribution < 1.29 is 4.79 Å². The molecule has 128 valence electrons. The first kappa shape index (κ1) is 17.3. The average Bonchev–Trinajstić information content (AvgIpc) is 3.09. The highest BCUT2D eigenvalue weighted by atomic mass is 32.2. The summed E-state index contributed by atoms with van der Waals surface area (Å²) >= 11 is 1.61. The van der Waals surface area contributed by atoms with E-state index in [2.05, 4.69) is 28.6 Å². The number of carbonyl (C=O) groups is 1. The number of hydrogen-bond acceptors (Lipinski definition) is 3. The molecule has 1 amide bonds. The Kier molecular flexibility index (Phi) is 5.56. The summed E-state index contributed by atoms with van der Waals surface area (Å²) in [6.45, 7) is 4.06. The summed E-state index contributed by atoms with van der Waals surface area (Å²) in [6, 6.07) is 16.2. The molecule has 5 heteroatoms. The Bertz CT molecular complexity index is 822. The van der Waals surface area contributed by atoms with E-state index >= 15 is 0 Å². The van der Waals surface area contributed by atoms with Gasteiger partial charge in [-0.05, 0) is 60.9 Å². The summed E-state index contributed by atoms with van der Waals surface area (Å²) in [5.41, 5.74) is 5.40. The first-order valence-corrected chi connectivity index (χ1v) is 9.30. The zero-order valence-corrected chi connectivity index (χ0v) is 15.2. The number of thioether (sulfide) groups is 1. The number of amides is 1. The molecule has 0 atom stereocenters. The molecule has 1 heterocycles. The van der Waals surface area contributed by atoms with Gasteiger partial charge in [-0.1, -0.05) is 18.2 Å². The third-order valence-corrected chi connectivity index (χ3v) is 4.72. The van der Waals surface area contributed by atoms with Crippen molar-refractivity contribution in [2.75, 3.05) is 11.1 Å². The van der Waals surface area contributed by atoms with Gasteiger partial charge in [0, 0.05) is 23.8 Å². The quantitative estimate of drug-likeness (QED) is 0.718. The van der Waals surface area contributed by atoms with Crippen LogP contribution in [0.15, 0.2) is 60.9 Å². The molecule has 2 aromatic carbocycles. The molecule has 0 aliphatic heterocycles. The highest BCUT2D eigenvalue weighted by molar-refractivity contribution is 7.99. The van der Waals surface area contributed by atoms with Gasteiger partial charge in [-0.15, -0.1) is 11.8 Å². The SMILES string of the molecule is Cc1cc(C)cc(NC(=O)CSCc2ccc(-n3cccn3)cc2)c1. The van der Waals surface area contributed by atoms with Crippen LogP contribution >= 0.6 is 11.8 Å². The second-order valence-corrected chi connectivity index (χ2v) is 7.02. The van der Waals surface area contributed by atoms with E-state index in [1.54, 1.807) is 18.0 Å². The standard InChI is InChI=1S/C20H21N3OS/c1-15-10-16(2)12-18(11-15)22-20(24)14-25-13-17-4-6-19(7-5-17)23-9-3-8-21-23/h3-12H,13-14H2,1-2H3,(H,22,24). The maximum atomic E-state index is 12.1. The van der Waals surface area contributed by atoms with Gasteiger partial charge in [0.2, 0.25) is 5.91 Å². The van der Waals surface area contributed by atoms with E-state index in [0.29, 0.717) is 5.75 Å². The third kappa shape index (κ3) is 4.97. The zero-order valence-electron chi connectivity index (χ0n) is 14.4. The van der Waals surface area contributed by atoms with Crippen LogP contribution in [0.3, 0.4) is 0 Å². The lowest BCUT2D eigenvalue weighted by Gasteiger charge is -2.08. The number of hydrogen-bond donors (Lipinski definition) is 1. The molecular weight excluding hydrogens is 330 g/mol. The van der Waals surface area contributed by atoms with E-state index in [9.17, 15) is 4.79 Å². The van der Waals surface area contributed by atoms with E-state index < -0.39 is 0 Å². The Hall–Kier alpha value is -2.53. The van der Waals surface area contributed by atoms with Crippen LogP contribution in [-0.4, -0.2) is 21.4 Å². The summed E-state index contributed by atoms with van der Waals surface area (Å²) < 4.78 is 1.83. The first-order valence-electron chi connectivity index (χ1n) is 8.15. The van der Waals surface area contributed by atoms with Crippen LogP contribution in [0.1, 0.15) is 16.7 Å². The molecule has 0 spiro atoms. The predicted octanol–water partition coefficient (Wildman–Crippen LogP) is 4.36. The van der Waals surface area contributed by atoms with Crippen LogP contribution in [0.5, 0.6) is 0 Å². The Morgan fingerprint density at radius 1 is 1.12 bits per heavy atom. The minimum absolute atomic E-state index is 0.0307. The molecule has 3 aromatic rings. The molecule has 25 heavy (non-hydrogen) atoms. The van der Waals surface area contributed by atoms with E-state index in [1.165, 1.54) is 5.56 Å². The van der Waals surface area contributed by atoms with Gasteiger partial charge in [-0.25, -0.2) is 4.68 Å². The maximum absolute atomic E-state index is 12.1. The molecular formula is C20H21N3OS. The van der Waals surface area contributed by atoms with Gasteiger partial charge >= 0.3 is 0 Å². The van der Waals surface area contributed by atoms with Crippen LogP contribution < -0.4 is 5.32 Å². The van der Waals surface area contributed by atoms with Crippen molar-refractivity contribution >= 4 is 23.4 Å². The molecule has 0 bridgehead atoms. The molecule has 4 nitrogen and oxygen atoms in total. The molecule has 1 N–H and O–H groups in total. The molecule has 0 saturated carbocycles. The van der Waals surface area contributed by atoms with E-state index in [0.717, 1.165) is 28.3 Å². The average molecular weight is 351 g/mol. The van der Waals surface area contributed by atoms with E-state index in [4.69, 9.17) is 0 Å². The normalized spacial score (nSPS) is 10.6. The van der Waals surface area contributed by atoms with Crippen LogP contribution in [0, 0.1) is 13.8 Å². The van der Waals surface area contributed by atoms with Crippen LogP contribution in [0.25, 0.3) is 5.69 Å². The summed E-state index contributed by atoms with van der Waals surface area (Å²) in [5, 5.41) is 7.18. The van der Waals surface area contributed by atoms with Gasteiger partial charge in [0.1, 0.15) is 0 Å². The molecule has 0 radical (unpaired) electrons. The number of benzene rings is 2. The molecule has 3 rings (SSSR count). The van der Waals surface area contributed by atoms with Crippen molar-refractivity contribution in [3.63, 3.8) is 0 Å². The smallest absolute Gasteiger partial charge is 0.234 e. The van der Waals surface area contributed by atoms with Gasteiger partial charge in [0.15, 0.2) is 0 Å². The first-order chi connectivity index (χ1) is 12.1. The van der Waals surface area contributed by atoms with Gasteiger partial charge in [0.25, 0.3) is 0 Å². The predicted molar refractivity (Wildman–Crippen MR) is 104 cm³/mol. The van der Waals surface area contributed by atoms with Crippen molar-refractivity contribution in [3.8, 4) is 5.69 Å². The van der Waals surface area contributed by atoms with Crippen molar-refractivity contribution in [3.05, 3.63) is 77.6 Å². The maximum Gasteiger partial charge on any atom is 0.234 e. The summed E-state index contributed by atoms with van der Waals surface area (Å²) in [6.07, 6.45) is 3.68. The summed E-state index contributed by atoms with van der Waals surface area (Å²) in [7, 11) is 0. The lowest BCUT2D eigenvalue weighted by atomic mass is 10.1. The van der Waals surface area contributed by atoms with E-state index in [1.807, 2.05) is 55.1 Å². The van der Waals surface area contributed by atoms with Gasteiger partial charge in [-0.2, -0.15) is 5.10 Å². The fourth-order valence-electron chi connectivity index (χ4n) is 2.67. The number of carbonyl (C=O) groups excluding carboxylic acids is 1. The van der Waals surface area contributed by atoms with Crippen molar-refractivity contribution in [1.29, 1.82) is 0 Å². The number of anilines is 1. The second kappa shape index (κ2) is 8.03. The summed E-state index contributed by atoms with van der Waals surface area (Å²) in [5.74, 6) is 1.27. The Morgan fingerprint density at radius 2 is 1.84 bits per heavy atom. The zero-order chi connectivity index (χ0) is 17.6. The minimum atomic E-state index is 0.0307. The van der Waals surface area contributed by atoms with Gasteiger partial charge in [-0.3, -0.25) is 4.79 Å². The molecule has 0 fully saturated rings. The highest BCUT2D eigenvalue weighted by Crippen LogP contribution is 2.17. The fourth-order valence-corrected chi connectivity index (χ4v) is 3.46. The number of aromatic nitrogens is 2. The Morgan fingerprint density at radius 3 is 2.48 bits per heavy atom. The lowest BCUT2D eigenvalue weighted by Crippen LogP contribution is -2.14. The topological polar surface area (TPSA) is 46.9 Å². The van der Waals surface area contributed by atoms with Crippen LogP contribution in [0.4, 0.5) is 5.69 Å². The molecule has 0 unspecified atom stereocenters. The minimum Gasteiger partial charge on any atom is -0.325 e. The molecule has 1 aromatic heterocycles. The second-order valence-electron chi connectivity index (χ2n) is 6.03. The Labute approximate surface area is 152 Å². The third-order valence-electron chi connectivity index (χ3n) is 3.71. The van der Waals surface area contributed by atoms with Crippen LogP contribution in [0.2, 0.25) is 0 Å². The fraction of sp³-hybridized carbons (Fsp3) is 0.200. The molecule has 0 aliphatic rings. The number of nitrogens with one attached hydrogen (secondary N) is 1. The van der Waals surface area contributed by atoms with Gasteiger partial charge in [0.05, 0.1) is 11.4 Å². The largest absolute Gasteiger partial charge is 0.325 e. The number of aryl methyl sites for hydroxylation is 2. The lowest BCUT2D eigenvalue weighted by molar-refractivity contribution is -0.113. The van der Waals surface area contributed by atoms with Gasteiger partial charge < -0.3 is 5.32 Å². The van der Waals surface area contributed by atoms with Crippen molar-refractivity contribution in [1.82, 2.24) is 9.78 Å².